The maximum Gasteiger partial charge on any atom is 0.295 e. The molecule has 0 aromatic carbocycles. The van der Waals surface area contributed by atoms with Gasteiger partial charge in [-0.25, -0.2) is 0 Å². The summed E-state index contributed by atoms with van der Waals surface area (Å²) < 4.78 is 29.3. The summed E-state index contributed by atoms with van der Waals surface area (Å²) in [6.07, 6.45) is 3.00. The number of alkyl halides is 2. The molecule has 0 N–H and O–H groups in total. The number of rotatable bonds is 0. The SMILES string of the molecule is CC1CCCCc2c(nnn2C)C1(F)F. The van der Waals surface area contributed by atoms with Crippen LogP contribution in [0.4, 0.5) is 8.78 Å². The van der Waals surface area contributed by atoms with E-state index in [4.69, 9.17) is 0 Å². The highest BCUT2D eigenvalue weighted by atomic mass is 19.3. The molecule has 0 amide bonds. The van der Waals surface area contributed by atoms with Crippen LogP contribution in [0.15, 0.2) is 0 Å². The molecule has 0 bridgehead atoms. The van der Waals surface area contributed by atoms with Gasteiger partial charge in [0.05, 0.1) is 5.69 Å². The standard InChI is InChI=1S/C10H15F2N3/c1-7-5-3-4-6-8-9(10(7,11)12)13-14-15(8)2/h7H,3-6H2,1-2H3. The molecule has 1 aliphatic carbocycles. The van der Waals surface area contributed by atoms with Gasteiger partial charge in [-0.15, -0.1) is 5.10 Å². The average molecular weight is 215 g/mol. The van der Waals surface area contributed by atoms with Crippen LogP contribution in [0.5, 0.6) is 0 Å². The third kappa shape index (κ3) is 1.64. The van der Waals surface area contributed by atoms with Crippen LogP contribution >= 0.6 is 0 Å². The molecule has 84 valence electrons. The minimum absolute atomic E-state index is 0.114. The van der Waals surface area contributed by atoms with Crippen molar-refractivity contribution < 1.29 is 8.78 Å². The van der Waals surface area contributed by atoms with Crippen LogP contribution in [0.1, 0.15) is 37.6 Å². The molecular formula is C10H15F2N3. The van der Waals surface area contributed by atoms with Crippen LogP contribution in [-0.4, -0.2) is 15.0 Å². The lowest BCUT2D eigenvalue weighted by Crippen LogP contribution is -2.27. The lowest BCUT2D eigenvalue weighted by atomic mass is 9.89. The fraction of sp³-hybridized carbons (Fsp3) is 0.800. The second-order valence-electron chi connectivity index (χ2n) is 4.28. The van der Waals surface area contributed by atoms with Gasteiger partial charge in [-0.1, -0.05) is 18.6 Å². The lowest BCUT2D eigenvalue weighted by Gasteiger charge is -2.24. The zero-order valence-corrected chi connectivity index (χ0v) is 9.00. The van der Waals surface area contributed by atoms with Crippen LogP contribution in [0.2, 0.25) is 0 Å². The second kappa shape index (κ2) is 3.54. The van der Waals surface area contributed by atoms with Crippen molar-refractivity contribution in [2.75, 3.05) is 0 Å². The molecule has 0 fully saturated rings. The summed E-state index contributed by atoms with van der Waals surface area (Å²) in [6, 6.07) is 0. The summed E-state index contributed by atoms with van der Waals surface area (Å²) in [6.45, 7) is 1.59. The van der Waals surface area contributed by atoms with E-state index in [0.29, 0.717) is 18.5 Å². The molecular weight excluding hydrogens is 200 g/mol. The molecule has 0 saturated heterocycles. The molecule has 0 spiro atoms. The van der Waals surface area contributed by atoms with Crippen LogP contribution in [0, 0.1) is 5.92 Å². The fourth-order valence-electron chi connectivity index (χ4n) is 2.07. The molecule has 0 aliphatic heterocycles. The zero-order valence-electron chi connectivity index (χ0n) is 9.00. The Morgan fingerprint density at radius 1 is 1.40 bits per heavy atom. The molecule has 1 unspecified atom stereocenters. The van der Waals surface area contributed by atoms with Gasteiger partial charge >= 0.3 is 0 Å². The highest BCUT2D eigenvalue weighted by Gasteiger charge is 2.43. The fourth-order valence-corrected chi connectivity index (χ4v) is 2.07. The quantitative estimate of drug-likeness (QED) is 0.664. The number of hydrogen-bond acceptors (Lipinski definition) is 2. The molecule has 1 heterocycles. The van der Waals surface area contributed by atoms with Gasteiger partial charge in [0.25, 0.3) is 5.92 Å². The lowest BCUT2D eigenvalue weighted by molar-refractivity contribution is -0.0681. The molecule has 3 nitrogen and oxygen atoms in total. The Kier molecular flexibility index (Phi) is 2.48. The topological polar surface area (TPSA) is 30.7 Å². The molecule has 5 heteroatoms. The van der Waals surface area contributed by atoms with Crippen LogP contribution < -0.4 is 0 Å². The molecule has 15 heavy (non-hydrogen) atoms. The van der Waals surface area contributed by atoms with E-state index in [1.807, 2.05) is 0 Å². The summed E-state index contributed by atoms with van der Waals surface area (Å²) in [5.41, 5.74) is 0.476. The highest BCUT2D eigenvalue weighted by Crippen LogP contribution is 2.40. The van der Waals surface area contributed by atoms with Crippen molar-refractivity contribution in [1.29, 1.82) is 0 Å². The summed E-state index contributed by atoms with van der Waals surface area (Å²) in [4.78, 5) is 0. The Labute approximate surface area is 87.5 Å². The molecule has 0 saturated carbocycles. The van der Waals surface area contributed by atoms with Gasteiger partial charge in [-0.05, 0) is 19.3 Å². The number of halogens is 2. The van der Waals surface area contributed by atoms with E-state index in [0.717, 1.165) is 12.8 Å². The number of nitrogens with zero attached hydrogens (tertiary/aromatic N) is 3. The number of aryl methyl sites for hydroxylation is 1. The van der Waals surface area contributed by atoms with Crippen molar-refractivity contribution in [3.05, 3.63) is 11.4 Å². The Balaban J connectivity index is 2.48. The summed E-state index contributed by atoms with van der Waals surface area (Å²) in [5, 5.41) is 7.32. The van der Waals surface area contributed by atoms with Crippen LogP contribution in [0.3, 0.4) is 0 Å². The van der Waals surface area contributed by atoms with E-state index >= 15 is 0 Å². The van der Waals surface area contributed by atoms with Crippen molar-refractivity contribution in [1.82, 2.24) is 15.0 Å². The number of fused-ring (bicyclic) bond motifs is 1. The van der Waals surface area contributed by atoms with Gasteiger partial charge < -0.3 is 0 Å². The largest absolute Gasteiger partial charge is 0.295 e. The molecule has 0 radical (unpaired) electrons. The molecule has 1 aromatic heterocycles. The van der Waals surface area contributed by atoms with Gasteiger partial charge in [0.15, 0.2) is 5.69 Å². The van der Waals surface area contributed by atoms with E-state index < -0.39 is 11.8 Å². The first-order chi connectivity index (χ1) is 7.03. The molecule has 1 atom stereocenters. The van der Waals surface area contributed by atoms with Gasteiger partial charge in [0.1, 0.15) is 0 Å². The number of hydrogen-bond donors (Lipinski definition) is 0. The highest BCUT2D eigenvalue weighted by molar-refractivity contribution is 5.17. The Morgan fingerprint density at radius 3 is 2.87 bits per heavy atom. The maximum atomic E-state index is 13.9. The first-order valence-electron chi connectivity index (χ1n) is 5.30. The van der Waals surface area contributed by atoms with E-state index in [-0.39, 0.29) is 5.69 Å². The minimum Gasteiger partial charge on any atom is -0.252 e. The Morgan fingerprint density at radius 2 is 2.13 bits per heavy atom. The van der Waals surface area contributed by atoms with Crippen molar-refractivity contribution >= 4 is 0 Å². The predicted molar refractivity (Wildman–Crippen MR) is 51.6 cm³/mol. The smallest absolute Gasteiger partial charge is 0.252 e. The number of aromatic nitrogens is 3. The normalized spacial score (nSPS) is 25.5. The van der Waals surface area contributed by atoms with E-state index in [9.17, 15) is 8.78 Å². The predicted octanol–water partition coefficient (Wildman–Crippen LogP) is 2.27. The third-order valence-electron chi connectivity index (χ3n) is 3.18. The third-order valence-corrected chi connectivity index (χ3v) is 3.18. The molecule has 1 aliphatic rings. The van der Waals surface area contributed by atoms with Crippen LogP contribution in [-0.2, 0) is 19.4 Å². The van der Waals surface area contributed by atoms with Gasteiger partial charge in [-0.2, -0.15) is 8.78 Å². The maximum absolute atomic E-state index is 13.9. The summed E-state index contributed by atoms with van der Waals surface area (Å²) in [7, 11) is 1.67. The van der Waals surface area contributed by atoms with Crippen molar-refractivity contribution in [2.24, 2.45) is 13.0 Å². The van der Waals surface area contributed by atoms with E-state index in [1.54, 1.807) is 14.0 Å². The van der Waals surface area contributed by atoms with Crippen molar-refractivity contribution in [3.8, 4) is 0 Å². The molecule has 1 aromatic rings. The Hall–Kier alpha value is -1.00. The zero-order chi connectivity index (χ0) is 11.1. The monoisotopic (exact) mass is 215 g/mol. The summed E-state index contributed by atoms with van der Waals surface area (Å²) in [5.74, 6) is -3.47. The van der Waals surface area contributed by atoms with Crippen LogP contribution in [0.25, 0.3) is 0 Å². The second-order valence-corrected chi connectivity index (χ2v) is 4.28. The van der Waals surface area contributed by atoms with Crippen molar-refractivity contribution in [3.63, 3.8) is 0 Å². The minimum atomic E-state index is -2.83. The van der Waals surface area contributed by atoms with E-state index in [1.165, 1.54) is 4.68 Å². The van der Waals surface area contributed by atoms with Gasteiger partial charge in [-0.3, -0.25) is 4.68 Å². The first-order valence-corrected chi connectivity index (χ1v) is 5.30. The van der Waals surface area contributed by atoms with Gasteiger partial charge in [0.2, 0.25) is 0 Å². The van der Waals surface area contributed by atoms with Crippen molar-refractivity contribution in [2.45, 2.75) is 38.5 Å². The Bertz CT molecular complexity index is 360. The molecule has 2 rings (SSSR count). The average Bonchev–Trinajstić information content (AvgIpc) is 2.53. The first kappa shape index (κ1) is 10.5. The summed E-state index contributed by atoms with van der Waals surface area (Å²) >= 11 is 0. The van der Waals surface area contributed by atoms with Gasteiger partial charge in [0, 0.05) is 13.0 Å². The van der Waals surface area contributed by atoms with E-state index in [2.05, 4.69) is 10.3 Å².